The fourth-order valence-corrected chi connectivity index (χ4v) is 5.80. The first-order chi connectivity index (χ1) is 17.3. The van der Waals surface area contributed by atoms with Gasteiger partial charge in [0.2, 0.25) is 5.91 Å². The average Bonchev–Trinajstić information content (AvgIpc) is 3.37. The minimum absolute atomic E-state index is 0.0128. The van der Waals surface area contributed by atoms with Crippen LogP contribution < -0.4 is 5.32 Å². The van der Waals surface area contributed by atoms with Crippen LogP contribution in [0.15, 0.2) is 60.7 Å². The fraction of sp³-hybridized carbons (Fsp3) is 0.548. The summed E-state index contributed by atoms with van der Waals surface area (Å²) in [7, 11) is 0. The Morgan fingerprint density at radius 1 is 0.972 bits per heavy atom. The zero-order valence-electron chi connectivity index (χ0n) is 22.3. The quantitative estimate of drug-likeness (QED) is 0.345. The smallest absolute Gasteiger partial charge is 0.313 e. The van der Waals surface area contributed by atoms with E-state index in [9.17, 15) is 14.7 Å². The maximum absolute atomic E-state index is 13.9. The van der Waals surface area contributed by atoms with Gasteiger partial charge in [-0.1, -0.05) is 87.4 Å². The predicted molar refractivity (Wildman–Crippen MR) is 143 cm³/mol. The number of carbonyl (C=O) groups excluding carboxylic acids is 2. The first-order valence-corrected chi connectivity index (χ1v) is 13.5. The van der Waals surface area contributed by atoms with Crippen LogP contribution in [0.5, 0.6) is 0 Å². The van der Waals surface area contributed by atoms with E-state index in [0.29, 0.717) is 12.8 Å². The number of aliphatic hydroxyl groups is 1. The van der Waals surface area contributed by atoms with Crippen molar-refractivity contribution in [3.05, 3.63) is 71.8 Å². The Hall–Kier alpha value is -2.66. The third-order valence-corrected chi connectivity index (χ3v) is 8.19. The molecule has 1 aliphatic rings. The van der Waals surface area contributed by atoms with E-state index >= 15 is 0 Å². The molecule has 36 heavy (non-hydrogen) atoms. The molecule has 2 N–H and O–H groups in total. The van der Waals surface area contributed by atoms with Crippen molar-refractivity contribution in [2.24, 2.45) is 17.3 Å². The van der Waals surface area contributed by atoms with E-state index in [1.807, 2.05) is 74.5 Å². The van der Waals surface area contributed by atoms with Gasteiger partial charge in [-0.05, 0) is 62.0 Å². The number of nitrogens with one attached hydrogen (secondary N) is 1. The molecule has 196 valence electrons. The van der Waals surface area contributed by atoms with Gasteiger partial charge in [0.25, 0.3) is 0 Å². The van der Waals surface area contributed by atoms with Crippen LogP contribution in [0.3, 0.4) is 0 Å². The highest BCUT2D eigenvalue weighted by atomic mass is 16.5. The summed E-state index contributed by atoms with van der Waals surface area (Å²) in [6.07, 6.45) is 4.75. The molecular weight excluding hydrogens is 450 g/mol. The lowest BCUT2D eigenvalue weighted by Gasteiger charge is -2.36. The number of hydrogen-bond donors (Lipinski definition) is 2. The van der Waals surface area contributed by atoms with Gasteiger partial charge in [0.15, 0.2) is 6.10 Å². The van der Waals surface area contributed by atoms with E-state index < -0.39 is 17.6 Å². The number of rotatable bonds is 12. The zero-order valence-corrected chi connectivity index (χ0v) is 22.3. The molecule has 3 rings (SSSR count). The molecule has 5 heteroatoms. The van der Waals surface area contributed by atoms with Crippen LogP contribution in [0.2, 0.25) is 0 Å². The molecule has 1 amide bonds. The lowest BCUT2D eigenvalue weighted by molar-refractivity contribution is -0.161. The highest BCUT2D eigenvalue weighted by Crippen LogP contribution is 2.46. The van der Waals surface area contributed by atoms with Crippen molar-refractivity contribution in [2.45, 2.75) is 90.9 Å². The molecule has 0 spiro atoms. The van der Waals surface area contributed by atoms with Crippen LogP contribution in [-0.2, 0) is 14.3 Å². The predicted octanol–water partition coefficient (Wildman–Crippen LogP) is 6.21. The Bertz CT molecular complexity index is 916. The van der Waals surface area contributed by atoms with Gasteiger partial charge < -0.3 is 15.2 Å². The Morgan fingerprint density at radius 3 is 1.97 bits per heavy atom. The SMILES string of the molecule is CCC(O)C(CCC1(C(=O)OC(c2ccccc2)c2ccccc2)CCCC1)C(C)C(C)NC(C)=O. The van der Waals surface area contributed by atoms with Crippen molar-refractivity contribution in [1.82, 2.24) is 5.32 Å². The number of esters is 1. The summed E-state index contributed by atoms with van der Waals surface area (Å²) in [4.78, 5) is 25.5. The van der Waals surface area contributed by atoms with Crippen LogP contribution in [0.25, 0.3) is 0 Å². The number of aliphatic hydroxyl groups excluding tert-OH is 1. The number of amides is 1. The third kappa shape index (κ3) is 6.97. The second-order valence-corrected chi connectivity index (χ2v) is 10.6. The maximum atomic E-state index is 13.9. The molecule has 2 aromatic carbocycles. The van der Waals surface area contributed by atoms with E-state index in [-0.39, 0.29) is 29.8 Å². The Kier molecular flexibility index (Phi) is 10.1. The molecule has 0 saturated heterocycles. The minimum Gasteiger partial charge on any atom is -0.452 e. The van der Waals surface area contributed by atoms with Crippen molar-refractivity contribution in [1.29, 1.82) is 0 Å². The first kappa shape index (κ1) is 27.9. The normalized spacial score (nSPS) is 18.3. The van der Waals surface area contributed by atoms with Crippen LogP contribution in [0, 0.1) is 17.3 Å². The Morgan fingerprint density at radius 2 is 1.50 bits per heavy atom. The zero-order chi connectivity index (χ0) is 26.1. The van der Waals surface area contributed by atoms with Crippen molar-refractivity contribution < 1.29 is 19.4 Å². The number of carbonyl (C=O) groups is 2. The molecule has 4 atom stereocenters. The largest absolute Gasteiger partial charge is 0.452 e. The van der Waals surface area contributed by atoms with Gasteiger partial charge in [-0.25, -0.2) is 0 Å². The lowest BCUT2D eigenvalue weighted by Crippen LogP contribution is -2.42. The van der Waals surface area contributed by atoms with Gasteiger partial charge >= 0.3 is 5.97 Å². The molecule has 0 bridgehead atoms. The van der Waals surface area contributed by atoms with Gasteiger partial charge in [0.05, 0.1) is 11.5 Å². The van der Waals surface area contributed by atoms with Gasteiger partial charge in [-0.3, -0.25) is 9.59 Å². The summed E-state index contributed by atoms with van der Waals surface area (Å²) in [6.45, 7) is 7.58. The summed E-state index contributed by atoms with van der Waals surface area (Å²) in [5.74, 6) is -0.131. The van der Waals surface area contributed by atoms with E-state index in [2.05, 4.69) is 12.2 Å². The van der Waals surface area contributed by atoms with Crippen LogP contribution in [0.1, 0.15) is 89.9 Å². The van der Waals surface area contributed by atoms with Gasteiger partial charge in [0, 0.05) is 13.0 Å². The minimum atomic E-state index is -0.537. The summed E-state index contributed by atoms with van der Waals surface area (Å²) in [5, 5.41) is 13.9. The highest BCUT2D eigenvalue weighted by Gasteiger charge is 2.44. The van der Waals surface area contributed by atoms with Gasteiger partial charge in [-0.2, -0.15) is 0 Å². The van der Waals surface area contributed by atoms with E-state index in [0.717, 1.165) is 43.2 Å². The molecule has 1 aliphatic carbocycles. The standard InChI is InChI=1S/C31H43NO4/c1-5-28(34)27(22(2)23(3)32-24(4)33)18-21-31(19-12-13-20-31)30(35)36-29(25-14-8-6-9-15-25)26-16-10-7-11-17-26/h6-11,14-17,22-23,27-29,34H,5,12-13,18-21H2,1-4H3,(H,32,33). The van der Waals surface area contributed by atoms with Crippen molar-refractivity contribution in [3.8, 4) is 0 Å². The number of ether oxygens (including phenoxy) is 1. The molecule has 0 radical (unpaired) electrons. The van der Waals surface area contributed by atoms with E-state index in [4.69, 9.17) is 4.74 Å². The maximum Gasteiger partial charge on any atom is 0.313 e. The molecule has 0 aromatic heterocycles. The average molecular weight is 494 g/mol. The number of benzene rings is 2. The first-order valence-electron chi connectivity index (χ1n) is 13.5. The lowest BCUT2D eigenvalue weighted by atomic mass is 9.74. The second-order valence-electron chi connectivity index (χ2n) is 10.6. The summed E-state index contributed by atoms with van der Waals surface area (Å²) in [6, 6.07) is 19.8. The van der Waals surface area contributed by atoms with Crippen LogP contribution in [0.4, 0.5) is 0 Å². The highest BCUT2D eigenvalue weighted by molar-refractivity contribution is 5.78. The van der Waals surface area contributed by atoms with Crippen molar-refractivity contribution in [3.63, 3.8) is 0 Å². The topological polar surface area (TPSA) is 75.6 Å². The molecular formula is C31H43NO4. The van der Waals surface area contributed by atoms with E-state index in [1.165, 1.54) is 6.92 Å². The molecule has 5 nitrogen and oxygen atoms in total. The molecule has 4 unspecified atom stereocenters. The molecule has 1 saturated carbocycles. The Balaban J connectivity index is 1.81. The third-order valence-electron chi connectivity index (χ3n) is 8.19. The number of hydrogen-bond acceptors (Lipinski definition) is 4. The summed E-state index contributed by atoms with van der Waals surface area (Å²) < 4.78 is 6.33. The summed E-state index contributed by atoms with van der Waals surface area (Å²) >= 11 is 0. The van der Waals surface area contributed by atoms with Crippen molar-refractivity contribution in [2.75, 3.05) is 0 Å². The monoisotopic (exact) mass is 493 g/mol. The molecule has 2 aromatic rings. The van der Waals surface area contributed by atoms with Gasteiger partial charge in [-0.15, -0.1) is 0 Å². The molecule has 1 fully saturated rings. The van der Waals surface area contributed by atoms with Crippen LogP contribution in [-0.4, -0.2) is 29.1 Å². The molecule has 0 aliphatic heterocycles. The second kappa shape index (κ2) is 13.0. The van der Waals surface area contributed by atoms with Crippen molar-refractivity contribution >= 4 is 11.9 Å². The Labute approximate surface area is 216 Å². The fourth-order valence-electron chi connectivity index (χ4n) is 5.80. The van der Waals surface area contributed by atoms with E-state index in [1.54, 1.807) is 0 Å². The van der Waals surface area contributed by atoms with Gasteiger partial charge in [0.1, 0.15) is 0 Å². The van der Waals surface area contributed by atoms with Crippen LogP contribution >= 0.6 is 0 Å². The summed E-state index contributed by atoms with van der Waals surface area (Å²) in [5.41, 5.74) is 1.38. The molecule has 0 heterocycles.